The smallest absolute Gasteiger partial charge is 0.0597 e. The van der Waals surface area contributed by atoms with E-state index in [1.165, 1.54) is 6.42 Å². The average molecular weight is 242 g/mol. The largest absolute Gasteiger partial charge is 0.377 e. The van der Waals surface area contributed by atoms with Crippen molar-refractivity contribution in [1.82, 2.24) is 10.2 Å². The Balaban J connectivity index is 2.52. The molecule has 3 heteroatoms. The van der Waals surface area contributed by atoms with Crippen molar-refractivity contribution in [2.24, 2.45) is 0 Å². The van der Waals surface area contributed by atoms with Gasteiger partial charge in [-0.15, -0.1) is 0 Å². The molecule has 1 N–H and O–H groups in total. The maximum absolute atomic E-state index is 5.68. The summed E-state index contributed by atoms with van der Waals surface area (Å²) in [5.41, 5.74) is 0.488. The van der Waals surface area contributed by atoms with Crippen LogP contribution in [-0.2, 0) is 4.74 Å². The molecule has 1 heterocycles. The van der Waals surface area contributed by atoms with Crippen molar-refractivity contribution >= 4 is 0 Å². The van der Waals surface area contributed by atoms with Crippen molar-refractivity contribution in [3.8, 4) is 0 Å². The lowest BCUT2D eigenvalue weighted by atomic mass is 9.88. The summed E-state index contributed by atoms with van der Waals surface area (Å²) in [6, 6.07) is 0. The molecule has 1 aliphatic rings. The molecule has 0 spiro atoms. The Kier molecular flexibility index (Phi) is 4.99. The highest BCUT2D eigenvalue weighted by Gasteiger charge is 2.38. The molecule has 1 fully saturated rings. The van der Waals surface area contributed by atoms with Gasteiger partial charge < -0.3 is 10.1 Å². The number of ether oxygens (including phenoxy) is 1. The molecule has 0 aromatic rings. The lowest BCUT2D eigenvalue weighted by Gasteiger charge is -2.50. The van der Waals surface area contributed by atoms with E-state index in [0.29, 0.717) is 6.10 Å². The second-order valence-corrected chi connectivity index (χ2v) is 6.42. The number of nitrogens with zero attached hydrogens (tertiary/aromatic N) is 1. The SMILES string of the molecule is CCC1(C)CN(CCOC(C)C)C(C)(C)CN1. The van der Waals surface area contributed by atoms with Crippen LogP contribution in [0.15, 0.2) is 0 Å². The molecule has 1 rings (SSSR count). The molecule has 0 amide bonds. The fourth-order valence-electron chi connectivity index (χ4n) is 2.25. The number of hydrogen-bond donors (Lipinski definition) is 1. The van der Waals surface area contributed by atoms with Crippen LogP contribution in [0.1, 0.15) is 48.0 Å². The third-order valence-corrected chi connectivity index (χ3v) is 3.94. The van der Waals surface area contributed by atoms with Crippen molar-refractivity contribution in [2.75, 3.05) is 26.2 Å². The second-order valence-electron chi connectivity index (χ2n) is 6.42. The van der Waals surface area contributed by atoms with Crippen molar-refractivity contribution < 1.29 is 4.74 Å². The van der Waals surface area contributed by atoms with Crippen LogP contribution in [0.2, 0.25) is 0 Å². The molecule has 1 atom stereocenters. The van der Waals surface area contributed by atoms with Gasteiger partial charge >= 0.3 is 0 Å². The molecule has 0 saturated carbocycles. The zero-order chi connectivity index (χ0) is 13.1. The van der Waals surface area contributed by atoms with Crippen LogP contribution in [0.4, 0.5) is 0 Å². The van der Waals surface area contributed by atoms with Gasteiger partial charge in [0.2, 0.25) is 0 Å². The quantitative estimate of drug-likeness (QED) is 0.800. The molecule has 1 saturated heterocycles. The predicted octanol–water partition coefficient (Wildman–Crippen LogP) is 2.26. The van der Waals surface area contributed by atoms with Gasteiger partial charge in [0.25, 0.3) is 0 Å². The first-order valence-electron chi connectivity index (χ1n) is 6.91. The molecule has 0 aromatic carbocycles. The van der Waals surface area contributed by atoms with Crippen LogP contribution in [0.3, 0.4) is 0 Å². The van der Waals surface area contributed by atoms with E-state index in [2.05, 4.69) is 51.8 Å². The molecule has 0 bridgehead atoms. The first-order valence-corrected chi connectivity index (χ1v) is 6.91. The van der Waals surface area contributed by atoms with E-state index < -0.39 is 0 Å². The van der Waals surface area contributed by atoms with Gasteiger partial charge in [-0.05, 0) is 41.0 Å². The van der Waals surface area contributed by atoms with Crippen LogP contribution in [0, 0.1) is 0 Å². The van der Waals surface area contributed by atoms with Gasteiger partial charge in [-0.2, -0.15) is 0 Å². The third-order valence-electron chi connectivity index (χ3n) is 3.94. The van der Waals surface area contributed by atoms with Gasteiger partial charge in [-0.1, -0.05) is 6.92 Å². The van der Waals surface area contributed by atoms with Crippen LogP contribution in [-0.4, -0.2) is 48.3 Å². The minimum absolute atomic E-state index is 0.231. The van der Waals surface area contributed by atoms with Crippen molar-refractivity contribution in [1.29, 1.82) is 0 Å². The Morgan fingerprint density at radius 1 is 1.29 bits per heavy atom. The maximum Gasteiger partial charge on any atom is 0.0597 e. The Morgan fingerprint density at radius 2 is 1.94 bits per heavy atom. The second kappa shape index (κ2) is 5.68. The van der Waals surface area contributed by atoms with Gasteiger partial charge in [-0.25, -0.2) is 0 Å². The summed E-state index contributed by atoms with van der Waals surface area (Å²) < 4.78 is 5.68. The zero-order valence-corrected chi connectivity index (χ0v) is 12.5. The van der Waals surface area contributed by atoms with E-state index in [9.17, 15) is 0 Å². The lowest BCUT2D eigenvalue weighted by molar-refractivity contribution is -0.00662. The zero-order valence-electron chi connectivity index (χ0n) is 12.5. The summed E-state index contributed by atoms with van der Waals surface area (Å²) in [4.78, 5) is 2.56. The summed E-state index contributed by atoms with van der Waals surface area (Å²) in [6.45, 7) is 17.4. The minimum Gasteiger partial charge on any atom is -0.377 e. The summed E-state index contributed by atoms with van der Waals surface area (Å²) >= 11 is 0. The maximum atomic E-state index is 5.68. The molecule has 0 radical (unpaired) electrons. The van der Waals surface area contributed by atoms with E-state index in [-0.39, 0.29) is 11.1 Å². The highest BCUT2D eigenvalue weighted by atomic mass is 16.5. The molecular weight excluding hydrogens is 212 g/mol. The molecular formula is C14H30N2O. The normalized spacial score (nSPS) is 29.8. The van der Waals surface area contributed by atoms with E-state index in [1.54, 1.807) is 0 Å². The molecule has 17 heavy (non-hydrogen) atoms. The monoisotopic (exact) mass is 242 g/mol. The van der Waals surface area contributed by atoms with Crippen molar-refractivity contribution in [2.45, 2.75) is 65.1 Å². The first kappa shape index (κ1) is 14.9. The van der Waals surface area contributed by atoms with Gasteiger partial charge in [0.05, 0.1) is 12.7 Å². The lowest BCUT2D eigenvalue weighted by Crippen LogP contribution is -2.67. The average Bonchev–Trinajstić information content (AvgIpc) is 2.24. The van der Waals surface area contributed by atoms with Crippen molar-refractivity contribution in [3.63, 3.8) is 0 Å². The Labute approximate surface area is 107 Å². The first-order chi connectivity index (χ1) is 7.79. The number of nitrogens with one attached hydrogen (secondary N) is 1. The van der Waals surface area contributed by atoms with Crippen LogP contribution >= 0.6 is 0 Å². The van der Waals surface area contributed by atoms with Crippen LogP contribution < -0.4 is 5.32 Å². The fraction of sp³-hybridized carbons (Fsp3) is 1.00. The van der Waals surface area contributed by atoms with E-state index in [1.807, 2.05) is 0 Å². The van der Waals surface area contributed by atoms with Gasteiger partial charge in [0.15, 0.2) is 0 Å². The third kappa shape index (κ3) is 4.23. The van der Waals surface area contributed by atoms with Gasteiger partial charge in [-0.3, -0.25) is 4.90 Å². The summed E-state index contributed by atoms with van der Waals surface area (Å²) in [5.74, 6) is 0. The molecule has 1 unspecified atom stereocenters. The van der Waals surface area contributed by atoms with E-state index >= 15 is 0 Å². The Hall–Kier alpha value is -0.120. The summed E-state index contributed by atoms with van der Waals surface area (Å²) in [6.07, 6.45) is 1.50. The van der Waals surface area contributed by atoms with Crippen LogP contribution in [0.25, 0.3) is 0 Å². The topological polar surface area (TPSA) is 24.5 Å². The Morgan fingerprint density at radius 3 is 2.47 bits per heavy atom. The number of piperazine rings is 1. The van der Waals surface area contributed by atoms with E-state index in [4.69, 9.17) is 4.74 Å². The number of rotatable bonds is 5. The highest BCUT2D eigenvalue weighted by molar-refractivity contribution is 4.98. The van der Waals surface area contributed by atoms with Crippen LogP contribution in [0.5, 0.6) is 0 Å². The predicted molar refractivity (Wildman–Crippen MR) is 73.4 cm³/mol. The summed E-state index contributed by atoms with van der Waals surface area (Å²) in [7, 11) is 0. The molecule has 0 aromatic heterocycles. The minimum atomic E-state index is 0.231. The van der Waals surface area contributed by atoms with Gasteiger partial charge in [0, 0.05) is 30.7 Å². The van der Waals surface area contributed by atoms with E-state index in [0.717, 1.165) is 26.2 Å². The van der Waals surface area contributed by atoms with Crippen molar-refractivity contribution in [3.05, 3.63) is 0 Å². The summed E-state index contributed by atoms with van der Waals surface area (Å²) in [5, 5.41) is 3.68. The molecule has 1 aliphatic heterocycles. The molecule has 102 valence electrons. The highest BCUT2D eigenvalue weighted by Crippen LogP contribution is 2.25. The molecule has 3 nitrogen and oxygen atoms in total. The Bertz CT molecular complexity index is 240. The standard InChI is InChI=1S/C14H30N2O/c1-7-14(6)11-16(8-9-17-12(2)3)13(4,5)10-15-14/h12,15H,7-11H2,1-6H3. The molecule has 0 aliphatic carbocycles. The van der Waals surface area contributed by atoms with Gasteiger partial charge in [0.1, 0.15) is 0 Å². The fourth-order valence-corrected chi connectivity index (χ4v) is 2.25. The number of hydrogen-bond acceptors (Lipinski definition) is 3.